The first kappa shape index (κ1) is 13.2. The van der Waals surface area contributed by atoms with E-state index in [2.05, 4.69) is 10.3 Å². The van der Waals surface area contributed by atoms with Crippen molar-refractivity contribution < 1.29 is 14.3 Å². The van der Waals surface area contributed by atoms with Gasteiger partial charge in [0.25, 0.3) is 0 Å². The molecule has 0 saturated heterocycles. The van der Waals surface area contributed by atoms with E-state index in [-0.39, 0.29) is 12.7 Å². The highest BCUT2D eigenvalue weighted by Crippen LogP contribution is 2.32. The maximum atomic E-state index is 11.9. The lowest BCUT2D eigenvalue weighted by Gasteiger charge is -2.04. The van der Waals surface area contributed by atoms with Gasteiger partial charge in [0.05, 0.1) is 11.9 Å². The van der Waals surface area contributed by atoms with E-state index in [0.29, 0.717) is 11.4 Å². The third-order valence-electron chi connectivity index (χ3n) is 3.12. The second-order valence-electron chi connectivity index (χ2n) is 4.63. The fourth-order valence-corrected chi connectivity index (χ4v) is 1.96. The first-order chi connectivity index (χ1) is 10.2. The van der Waals surface area contributed by atoms with Crippen molar-refractivity contribution in [3.63, 3.8) is 0 Å². The predicted molar refractivity (Wildman–Crippen MR) is 79.2 cm³/mol. The van der Waals surface area contributed by atoms with Crippen LogP contribution in [0.5, 0.6) is 11.5 Å². The molecule has 0 aliphatic carbocycles. The molecule has 1 aromatic carbocycles. The van der Waals surface area contributed by atoms with Crippen LogP contribution in [0.15, 0.2) is 42.7 Å². The van der Waals surface area contributed by atoms with Crippen LogP contribution in [0, 0.1) is 6.92 Å². The van der Waals surface area contributed by atoms with Crippen molar-refractivity contribution in [1.29, 1.82) is 0 Å². The van der Waals surface area contributed by atoms with Crippen molar-refractivity contribution >= 4 is 17.7 Å². The average Bonchev–Trinajstić information content (AvgIpc) is 2.95. The van der Waals surface area contributed by atoms with E-state index in [0.717, 1.165) is 16.9 Å². The molecule has 0 fully saturated rings. The molecule has 5 heteroatoms. The zero-order valence-electron chi connectivity index (χ0n) is 11.5. The van der Waals surface area contributed by atoms with Gasteiger partial charge in [0, 0.05) is 12.3 Å². The zero-order chi connectivity index (χ0) is 14.7. The van der Waals surface area contributed by atoms with Gasteiger partial charge in [0.15, 0.2) is 11.5 Å². The van der Waals surface area contributed by atoms with Crippen molar-refractivity contribution in [3.8, 4) is 11.5 Å². The lowest BCUT2D eigenvalue weighted by atomic mass is 10.2. The zero-order valence-corrected chi connectivity index (χ0v) is 11.5. The third kappa shape index (κ3) is 3.02. The van der Waals surface area contributed by atoms with Crippen molar-refractivity contribution in [1.82, 2.24) is 4.98 Å². The van der Waals surface area contributed by atoms with Crippen molar-refractivity contribution in [2.75, 3.05) is 12.1 Å². The summed E-state index contributed by atoms with van der Waals surface area (Å²) in [7, 11) is 0. The number of carbonyl (C=O) groups is 1. The molecular weight excluding hydrogens is 268 g/mol. The number of amides is 1. The fourth-order valence-electron chi connectivity index (χ4n) is 1.96. The number of hydrogen-bond donors (Lipinski definition) is 1. The van der Waals surface area contributed by atoms with E-state index in [1.807, 2.05) is 31.2 Å². The number of hydrogen-bond acceptors (Lipinski definition) is 4. The highest BCUT2D eigenvalue weighted by atomic mass is 16.7. The van der Waals surface area contributed by atoms with Gasteiger partial charge < -0.3 is 14.8 Å². The highest BCUT2D eigenvalue weighted by Gasteiger charge is 2.12. The van der Waals surface area contributed by atoms with Gasteiger partial charge in [-0.3, -0.25) is 9.78 Å². The van der Waals surface area contributed by atoms with E-state index in [9.17, 15) is 4.79 Å². The number of carbonyl (C=O) groups excluding carboxylic acids is 1. The normalized spacial score (nSPS) is 12.6. The number of fused-ring (bicyclic) bond motifs is 1. The second kappa shape index (κ2) is 5.66. The number of aryl methyl sites for hydroxylation is 1. The minimum Gasteiger partial charge on any atom is -0.454 e. The van der Waals surface area contributed by atoms with Gasteiger partial charge in [-0.25, -0.2) is 0 Å². The minimum atomic E-state index is -0.205. The smallest absolute Gasteiger partial charge is 0.248 e. The van der Waals surface area contributed by atoms with Gasteiger partial charge in [0.2, 0.25) is 12.7 Å². The molecule has 21 heavy (non-hydrogen) atoms. The van der Waals surface area contributed by atoms with Crippen LogP contribution in [0.25, 0.3) is 6.08 Å². The summed E-state index contributed by atoms with van der Waals surface area (Å²) < 4.78 is 10.5. The fraction of sp³-hybridized carbons (Fsp3) is 0.125. The van der Waals surface area contributed by atoms with E-state index < -0.39 is 0 Å². The summed E-state index contributed by atoms with van der Waals surface area (Å²) in [6, 6.07) is 7.37. The Morgan fingerprint density at radius 2 is 2.14 bits per heavy atom. The van der Waals surface area contributed by atoms with Crippen molar-refractivity contribution in [3.05, 3.63) is 53.9 Å². The van der Waals surface area contributed by atoms with Crippen LogP contribution >= 0.6 is 0 Å². The van der Waals surface area contributed by atoms with Crippen LogP contribution in [0.4, 0.5) is 5.69 Å². The maximum Gasteiger partial charge on any atom is 0.248 e. The molecule has 1 amide bonds. The quantitative estimate of drug-likeness (QED) is 0.879. The SMILES string of the molecule is Cc1ccncc1NC(=O)/C=C/c1ccc2c(c1)OCO2. The Bertz CT molecular complexity index is 710. The van der Waals surface area contributed by atoms with Crippen LogP contribution in [0.3, 0.4) is 0 Å². The molecule has 5 nitrogen and oxygen atoms in total. The number of benzene rings is 1. The summed E-state index contributed by atoms with van der Waals surface area (Å²) in [5.74, 6) is 1.21. The molecule has 1 aliphatic heterocycles. The van der Waals surface area contributed by atoms with Crippen LogP contribution in [0.2, 0.25) is 0 Å². The van der Waals surface area contributed by atoms with Gasteiger partial charge in [-0.2, -0.15) is 0 Å². The Kier molecular flexibility index (Phi) is 3.55. The molecule has 3 rings (SSSR count). The molecular formula is C16H14N2O3. The van der Waals surface area contributed by atoms with E-state index >= 15 is 0 Å². The van der Waals surface area contributed by atoms with Crippen molar-refractivity contribution in [2.24, 2.45) is 0 Å². The summed E-state index contributed by atoms with van der Waals surface area (Å²) in [6.45, 7) is 2.15. The molecule has 106 valence electrons. The Balaban J connectivity index is 1.68. The maximum absolute atomic E-state index is 11.9. The molecule has 0 unspecified atom stereocenters. The molecule has 1 aromatic heterocycles. The molecule has 1 aliphatic rings. The van der Waals surface area contributed by atoms with E-state index in [1.165, 1.54) is 6.08 Å². The number of anilines is 1. The average molecular weight is 282 g/mol. The molecule has 1 N–H and O–H groups in total. The Morgan fingerprint density at radius 1 is 1.29 bits per heavy atom. The molecule has 2 aromatic rings. The number of nitrogens with zero attached hydrogens (tertiary/aromatic N) is 1. The largest absolute Gasteiger partial charge is 0.454 e. The number of ether oxygens (including phenoxy) is 2. The van der Waals surface area contributed by atoms with Crippen molar-refractivity contribution in [2.45, 2.75) is 6.92 Å². The van der Waals surface area contributed by atoms with E-state index in [4.69, 9.17) is 9.47 Å². The summed E-state index contributed by atoms with van der Waals surface area (Å²) in [5, 5.41) is 2.79. The molecule has 0 bridgehead atoms. The van der Waals surface area contributed by atoms with Crippen LogP contribution in [-0.2, 0) is 4.79 Å². The Hall–Kier alpha value is -2.82. The molecule has 2 heterocycles. The Morgan fingerprint density at radius 3 is 3.00 bits per heavy atom. The number of pyridine rings is 1. The summed E-state index contributed by atoms with van der Waals surface area (Å²) >= 11 is 0. The van der Waals surface area contributed by atoms with Gasteiger partial charge >= 0.3 is 0 Å². The number of nitrogens with one attached hydrogen (secondary N) is 1. The first-order valence-corrected chi connectivity index (χ1v) is 6.52. The highest BCUT2D eigenvalue weighted by molar-refractivity contribution is 6.02. The standard InChI is InChI=1S/C16H14N2O3/c1-11-6-7-17-9-13(11)18-16(19)5-3-12-2-4-14-15(8-12)21-10-20-14/h2-9H,10H2,1H3,(H,18,19)/b5-3+. The predicted octanol–water partition coefficient (Wildman–Crippen LogP) is 2.77. The molecule has 0 spiro atoms. The van der Waals surface area contributed by atoms with Gasteiger partial charge in [-0.05, 0) is 42.3 Å². The molecule has 0 saturated carbocycles. The monoisotopic (exact) mass is 282 g/mol. The van der Waals surface area contributed by atoms with E-state index in [1.54, 1.807) is 18.5 Å². The van der Waals surface area contributed by atoms with Gasteiger partial charge in [-0.1, -0.05) is 6.07 Å². The van der Waals surface area contributed by atoms with Crippen LogP contribution < -0.4 is 14.8 Å². The van der Waals surface area contributed by atoms with Gasteiger partial charge in [0.1, 0.15) is 0 Å². The minimum absolute atomic E-state index is 0.205. The number of aromatic nitrogens is 1. The van der Waals surface area contributed by atoms with Crippen LogP contribution in [-0.4, -0.2) is 17.7 Å². The summed E-state index contributed by atoms with van der Waals surface area (Å²) in [5.41, 5.74) is 2.55. The molecule has 0 radical (unpaired) electrons. The first-order valence-electron chi connectivity index (χ1n) is 6.52. The Labute approximate surface area is 122 Å². The number of rotatable bonds is 3. The topological polar surface area (TPSA) is 60.5 Å². The lowest BCUT2D eigenvalue weighted by Crippen LogP contribution is -2.09. The summed E-state index contributed by atoms with van der Waals surface area (Å²) in [6.07, 6.45) is 6.52. The third-order valence-corrected chi connectivity index (χ3v) is 3.12. The molecule has 0 atom stereocenters. The van der Waals surface area contributed by atoms with Gasteiger partial charge in [-0.15, -0.1) is 0 Å². The second-order valence-corrected chi connectivity index (χ2v) is 4.63. The van der Waals surface area contributed by atoms with Crippen LogP contribution in [0.1, 0.15) is 11.1 Å². The lowest BCUT2D eigenvalue weighted by molar-refractivity contribution is -0.111. The summed E-state index contributed by atoms with van der Waals surface area (Å²) in [4.78, 5) is 15.9.